The molecule has 0 bridgehead atoms. The smallest absolute Gasteiger partial charge is 0.123 e. The molecule has 0 saturated heterocycles. The Morgan fingerprint density at radius 3 is 2.17 bits per heavy atom. The quantitative estimate of drug-likeness (QED) is 0.775. The Morgan fingerprint density at radius 2 is 1.61 bits per heavy atom. The molecule has 4 heteroatoms. The normalized spacial score (nSPS) is 11.4. The second kappa shape index (κ2) is 6.57. The van der Waals surface area contributed by atoms with Crippen molar-refractivity contribution in [1.29, 1.82) is 0 Å². The summed E-state index contributed by atoms with van der Waals surface area (Å²) in [5, 5.41) is 0. The van der Waals surface area contributed by atoms with E-state index in [0.29, 0.717) is 11.5 Å². The molecule has 0 spiro atoms. The van der Waals surface area contributed by atoms with Gasteiger partial charge in [-0.1, -0.05) is 20.8 Å². The molecule has 0 atom stereocenters. The molecule has 0 aliphatic heterocycles. The first-order valence-electron chi connectivity index (χ1n) is 6.01. The molecule has 0 fully saturated rings. The summed E-state index contributed by atoms with van der Waals surface area (Å²) in [6.07, 6.45) is 0. The minimum atomic E-state index is -0.524. The molecule has 0 radical (unpaired) electrons. The standard InChI is InChI=1S/C14H20F2O2/c1-14(2,3)12-10-11(17-8-6-15)4-5-13(12)18-9-7-16/h4-5,10H,6-9H2,1-3H3. The molecule has 2 nitrogen and oxygen atoms in total. The van der Waals surface area contributed by atoms with Gasteiger partial charge in [-0.2, -0.15) is 0 Å². The highest BCUT2D eigenvalue weighted by Gasteiger charge is 2.20. The third kappa shape index (κ3) is 4.17. The molecular formula is C14H20F2O2. The van der Waals surface area contributed by atoms with Gasteiger partial charge in [0.05, 0.1) is 0 Å². The van der Waals surface area contributed by atoms with Crippen LogP contribution in [0.3, 0.4) is 0 Å². The van der Waals surface area contributed by atoms with E-state index in [4.69, 9.17) is 9.47 Å². The molecule has 0 aliphatic carbocycles. The van der Waals surface area contributed by atoms with Crippen LogP contribution in [0, 0.1) is 0 Å². The van der Waals surface area contributed by atoms with Crippen molar-refractivity contribution in [3.05, 3.63) is 23.8 Å². The molecule has 0 heterocycles. The fraction of sp³-hybridized carbons (Fsp3) is 0.571. The lowest BCUT2D eigenvalue weighted by atomic mass is 9.86. The molecule has 1 aromatic rings. The van der Waals surface area contributed by atoms with E-state index >= 15 is 0 Å². The predicted molar refractivity (Wildman–Crippen MR) is 68.1 cm³/mol. The molecule has 0 amide bonds. The molecule has 1 aromatic carbocycles. The van der Waals surface area contributed by atoms with Gasteiger partial charge in [0.15, 0.2) is 0 Å². The van der Waals surface area contributed by atoms with Gasteiger partial charge in [-0.05, 0) is 23.6 Å². The van der Waals surface area contributed by atoms with Gasteiger partial charge >= 0.3 is 0 Å². The van der Waals surface area contributed by atoms with Crippen molar-refractivity contribution in [2.24, 2.45) is 0 Å². The molecule has 0 N–H and O–H groups in total. The van der Waals surface area contributed by atoms with Crippen LogP contribution in [0.15, 0.2) is 18.2 Å². The summed E-state index contributed by atoms with van der Waals surface area (Å²) in [6.45, 7) is 5.12. The SMILES string of the molecule is CC(C)(C)c1cc(OCCF)ccc1OCCF. The van der Waals surface area contributed by atoms with Crippen molar-refractivity contribution in [2.45, 2.75) is 26.2 Å². The highest BCUT2D eigenvalue weighted by atomic mass is 19.1. The molecule has 1 rings (SSSR count). The lowest BCUT2D eigenvalue weighted by molar-refractivity contribution is 0.262. The monoisotopic (exact) mass is 258 g/mol. The van der Waals surface area contributed by atoms with Crippen LogP contribution in [0.2, 0.25) is 0 Å². The zero-order valence-corrected chi connectivity index (χ0v) is 11.1. The molecule has 0 aromatic heterocycles. The minimum Gasteiger partial charge on any atom is -0.491 e. The minimum absolute atomic E-state index is 0.0355. The fourth-order valence-electron chi connectivity index (χ4n) is 1.62. The topological polar surface area (TPSA) is 18.5 Å². The van der Waals surface area contributed by atoms with Crippen LogP contribution >= 0.6 is 0 Å². The first-order chi connectivity index (χ1) is 8.49. The van der Waals surface area contributed by atoms with Gasteiger partial charge < -0.3 is 9.47 Å². The Balaban J connectivity index is 2.97. The number of ether oxygens (including phenoxy) is 2. The second-order valence-corrected chi connectivity index (χ2v) is 4.98. The van der Waals surface area contributed by atoms with E-state index in [2.05, 4.69) is 0 Å². The fourth-order valence-corrected chi connectivity index (χ4v) is 1.62. The lowest BCUT2D eigenvalue weighted by Gasteiger charge is -2.23. The third-order valence-corrected chi connectivity index (χ3v) is 2.44. The molecule has 0 saturated carbocycles. The highest BCUT2D eigenvalue weighted by molar-refractivity contribution is 5.44. The average Bonchev–Trinajstić information content (AvgIpc) is 2.33. The van der Waals surface area contributed by atoms with Crippen LogP contribution in [0.4, 0.5) is 8.78 Å². The summed E-state index contributed by atoms with van der Waals surface area (Å²) >= 11 is 0. The molecule has 0 aliphatic rings. The van der Waals surface area contributed by atoms with Crippen LogP contribution in [-0.2, 0) is 5.41 Å². The number of hydrogen-bond acceptors (Lipinski definition) is 2. The maximum atomic E-state index is 12.2. The summed E-state index contributed by atoms with van der Waals surface area (Å²) < 4.78 is 34.8. The maximum absolute atomic E-state index is 12.2. The van der Waals surface area contributed by atoms with Crippen LogP contribution < -0.4 is 9.47 Å². The Morgan fingerprint density at radius 1 is 1.00 bits per heavy atom. The van der Waals surface area contributed by atoms with Crippen molar-refractivity contribution in [3.8, 4) is 11.5 Å². The van der Waals surface area contributed by atoms with Gasteiger partial charge in [-0.3, -0.25) is 0 Å². The maximum Gasteiger partial charge on any atom is 0.123 e. The Kier molecular flexibility index (Phi) is 5.38. The number of benzene rings is 1. The number of hydrogen-bond donors (Lipinski definition) is 0. The van der Waals surface area contributed by atoms with E-state index in [1.807, 2.05) is 26.8 Å². The van der Waals surface area contributed by atoms with Gasteiger partial charge in [-0.25, -0.2) is 8.78 Å². The van der Waals surface area contributed by atoms with Crippen molar-refractivity contribution in [3.63, 3.8) is 0 Å². The van der Waals surface area contributed by atoms with Crippen molar-refractivity contribution in [1.82, 2.24) is 0 Å². The third-order valence-electron chi connectivity index (χ3n) is 2.44. The van der Waals surface area contributed by atoms with Crippen molar-refractivity contribution in [2.75, 3.05) is 26.6 Å². The number of halogens is 2. The molecular weight excluding hydrogens is 238 g/mol. The summed E-state index contributed by atoms with van der Waals surface area (Å²) in [5.74, 6) is 1.25. The second-order valence-electron chi connectivity index (χ2n) is 4.98. The van der Waals surface area contributed by atoms with Crippen molar-refractivity contribution < 1.29 is 18.3 Å². The van der Waals surface area contributed by atoms with E-state index in [-0.39, 0.29) is 18.6 Å². The number of rotatable bonds is 6. The van der Waals surface area contributed by atoms with E-state index in [1.165, 1.54) is 0 Å². The van der Waals surface area contributed by atoms with Crippen molar-refractivity contribution >= 4 is 0 Å². The van der Waals surface area contributed by atoms with Gasteiger partial charge in [0, 0.05) is 5.56 Å². The first kappa shape index (κ1) is 14.7. The Hall–Kier alpha value is -1.32. The van der Waals surface area contributed by atoms with E-state index in [0.717, 1.165) is 5.56 Å². The van der Waals surface area contributed by atoms with Crippen LogP contribution in [-0.4, -0.2) is 26.6 Å². The Bertz CT molecular complexity index is 373. The van der Waals surface area contributed by atoms with E-state index in [1.54, 1.807) is 12.1 Å². The van der Waals surface area contributed by atoms with E-state index in [9.17, 15) is 8.78 Å². The summed E-state index contributed by atoms with van der Waals surface area (Å²) in [7, 11) is 0. The average molecular weight is 258 g/mol. The van der Waals surface area contributed by atoms with Gasteiger partial charge in [-0.15, -0.1) is 0 Å². The first-order valence-corrected chi connectivity index (χ1v) is 6.01. The highest BCUT2D eigenvalue weighted by Crippen LogP contribution is 2.34. The largest absolute Gasteiger partial charge is 0.491 e. The van der Waals surface area contributed by atoms with E-state index < -0.39 is 13.3 Å². The lowest BCUT2D eigenvalue weighted by Crippen LogP contribution is -2.14. The Labute approximate surface area is 107 Å². The summed E-state index contributed by atoms with van der Waals surface area (Å²) in [4.78, 5) is 0. The van der Waals surface area contributed by atoms with Crippen LogP contribution in [0.5, 0.6) is 11.5 Å². The predicted octanol–water partition coefficient (Wildman–Crippen LogP) is 3.68. The van der Waals surface area contributed by atoms with Crippen LogP contribution in [0.25, 0.3) is 0 Å². The van der Waals surface area contributed by atoms with Gasteiger partial charge in [0.1, 0.15) is 38.1 Å². The number of alkyl halides is 2. The van der Waals surface area contributed by atoms with Crippen LogP contribution in [0.1, 0.15) is 26.3 Å². The summed E-state index contributed by atoms with van der Waals surface area (Å²) in [6, 6.07) is 5.27. The zero-order chi connectivity index (χ0) is 13.6. The zero-order valence-electron chi connectivity index (χ0n) is 11.1. The molecule has 0 unspecified atom stereocenters. The van der Waals surface area contributed by atoms with Gasteiger partial charge in [0.25, 0.3) is 0 Å². The summed E-state index contributed by atoms with van der Waals surface area (Å²) in [5.41, 5.74) is 0.771. The van der Waals surface area contributed by atoms with Gasteiger partial charge in [0.2, 0.25) is 0 Å². The molecule has 102 valence electrons. The molecule has 18 heavy (non-hydrogen) atoms.